The number of rotatable bonds is 38. The molecule has 0 aliphatic rings. The molecular formula is C44H81N3O6. The first-order valence-corrected chi connectivity index (χ1v) is 22.1. The van der Waals surface area contributed by atoms with Gasteiger partial charge in [-0.05, 0) is 89.8 Å². The number of hydrogen-bond donors (Lipinski definition) is 2. The van der Waals surface area contributed by atoms with Gasteiger partial charge in [-0.25, -0.2) is 0 Å². The van der Waals surface area contributed by atoms with E-state index in [9.17, 15) is 19.2 Å². The van der Waals surface area contributed by atoms with E-state index in [2.05, 4.69) is 43.2 Å². The largest absolute Gasteiger partial charge is 0.466 e. The van der Waals surface area contributed by atoms with Gasteiger partial charge in [-0.3, -0.25) is 19.2 Å². The van der Waals surface area contributed by atoms with Crippen molar-refractivity contribution >= 4 is 23.3 Å². The zero-order valence-electron chi connectivity index (χ0n) is 35.0. The lowest BCUT2D eigenvalue weighted by atomic mass is 10.0. The molecule has 0 spiro atoms. The van der Waals surface area contributed by atoms with Crippen molar-refractivity contribution < 1.29 is 19.1 Å². The molecule has 0 aliphatic carbocycles. The smallest absolute Gasteiger partial charge is 0.306 e. The Morgan fingerprint density at radius 1 is 0.585 bits per heavy atom. The number of unbranched alkanes of at least 4 members (excludes halogenated alkanes) is 16. The van der Waals surface area contributed by atoms with Gasteiger partial charge in [0.25, 0.3) is 10.9 Å². The lowest BCUT2D eigenvalue weighted by Crippen LogP contribution is -2.37. The standard InChI is InChI=1S/C44H81N3O6/c1-6-8-10-12-16-20-27-38(28-21-17-13-11-9-7-2)53-40(49)30-23-25-34-47(35-26-32-46-42-41(45-5)43(50)44(42)51)33-24-19-15-14-18-22-29-39(48)52-36-31-37(3)4/h37-38,45-46H,6-36H2,1-5H3. The molecule has 0 unspecified atom stereocenters. The van der Waals surface area contributed by atoms with Crippen LogP contribution in [0.4, 0.5) is 11.4 Å². The highest BCUT2D eigenvalue weighted by Crippen LogP contribution is 2.19. The predicted molar refractivity (Wildman–Crippen MR) is 223 cm³/mol. The Morgan fingerprint density at radius 2 is 1.06 bits per heavy atom. The third kappa shape index (κ3) is 25.3. The maximum atomic E-state index is 13.0. The molecule has 0 fully saturated rings. The van der Waals surface area contributed by atoms with Gasteiger partial charge >= 0.3 is 11.9 Å². The Morgan fingerprint density at radius 3 is 1.64 bits per heavy atom. The van der Waals surface area contributed by atoms with Crippen LogP contribution in [0, 0.1) is 5.92 Å². The third-order valence-corrected chi connectivity index (χ3v) is 10.3. The van der Waals surface area contributed by atoms with E-state index in [0.717, 1.165) is 110 Å². The minimum absolute atomic E-state index is 0.0418. The molecule has 2 N–H and O–H groups in total. The Hall–Kier alpha value is -2.42. The summed E-state index contributed by atoms with van der Waals surface area (Å²) in [6.45, 7) is 12.7. The maximum Gasteiger partial charge on any atom is 0.306 e. The first-order valence-electron chi connectivity index (χ1n) is 22.1. The number of nitrogens with zero attached hydrogens (tertiary/aromatic N) is 1. The summed E-state index contributed by atoms with van der Waals surface area (Å²) in [4.78, 5) is 51.0. The Balaban J connectivity index is 2.48. The number of carbonyl (C=O) groups is 2. The molecule has 0 amide bonds. The fourth-order valence-corrected chi connectivity index (χ4v) is 6.86. The van der Waals surface area contributed by atoms with Crippen molar-refractivity contribution in [2.75, 3.05) is 50.5 Å². The topological polar surface area (TPSA) is 114 Å². The summed E-state index contributed by atoms with van der Waals surface area (Å²) in [5.41, 5.74) is -0.115. The highest BCUT2D eigenvalue weighted by Gasteiger charge is 2.19. The van der Waals surface area contributed by atoms with Crippen LogP contribution >= 0.6 is 0 Å². The molecule has 53 heavy (non-hydrogen) atoms. The van der Waals surface area contributed by atoms with Crippen LogP contribution in [0.2, 0.25) is 0 Å². The summed E-state index contributed by atoms with van der Waals surface area (Å²) in [6.07, 6.45) is 28.1. The fraction of sp³-hybridized carbons (Fsp3) is 0.864. The zero-order valence-corrected chi connectivity index (χ0v) is 35.0. The molecule has 0 bridgehead atoms. The van der Waals surface area contributed by atoms with Gasteiger partial charge in [0.15, 0.2) is 0 Å². The van der Waals surface area contributed by atoms with E-state index in [-0.39, 0.29) is 18.0 Å². The van der Waals surface area contributed by atoms with Crippen molar-refractivity contribution in [2.24, 2.45) is 5.92 Å². The second-order valence-corrected chi connectivity index (χ2v) is 15.7. The summed E-state index contributed by atoms with van der Waals surface area (Å²) < 4.78 is 11.4. The van der Waals surface area contributed by atoms with Crippen molar-refractivity contribution in [1.29, 1.82) is 0 Å². The quantitative estimate of drug-likeness (QED) is 0.0388. The van der Waals surface area contributed by atoms with Crippen molar-refractivity contribution in [2.45, 2.75) is 201 Å². The number of hydrogen-bond acceptors (Lipinski definition) is 9. The van der Waals surface area contributed by atoms with Crippen LogP contribution in [-0.2, 0) is 19.1 Å². The van der Waals surface area contributed by atoms with Gasteiger partial charge in [0.05, 0.1) is 6.61 Å². The fourth-order valence-electron chi connectivity index (χ4n) is 6.86. The van der Waals surface area contributed by atoms with Gasteiger partial charge in [-0.15, -0.1) is 0 Å². The van der Waals surface area contributed by atoms with Crippen LogP contribution in [0.1, 0.15) is 195 Å². The van der Waals surface area contributed by atoms with Crippen LogP contribution in [0.15, 0.2) is 9.59 Å². The minimum Gasteiger partial charge on any atom is -0.466 e. The van der Waals surface area contributed by atoms with E-state index in [4.69, 9.17) is 9.47 Å². The lowest BCUT2D eigenvalue weighted by molar-refractivity contribution is -0.150. The molecule has 0 radical (unpaired) electrons. The van der Waals surface area contributed by atoms with Crippen molar-refractivity contribution in [1.82, 2.24) is 4.90 Å². The number of carbonyl (C=O) groups excluding carboxylic acids is 2. The van der Waals surface area contributed by atoms with Gasteiger partial charge in [0.2, 0.25) is 0 Å². The van der Waals surface area contributed by atoms with E-state index < -0.39 is 10.9 Å². The molecule has 0 aromatic heterocycles. The van der Waals surface area contributed by atoms with E-state index in [1.807, 2.05) is 0 Å². The number of ether oxygens (including phenoxy) is 2. The van der Waals surface area contributed by atoms with Crippen LogP contribution in [0.25, 0.3) is 0 Å². The van der Waals surface area contributed by atoms with E-state index in [1.54, 1.807) is 7.05 Å². The molecule has 1 aromatic rings. The molecule has 0 aliphatic heterocycles. The second kappa shape index (κ2) is 33.0. The normalized spacial score (nSPS) is 11.6. The van der Waals surface area contributed by atoms with E-state index in [0.29, 0.717) is 43.3 Å². The molecule has 0 heterocycles. The molecular weight excluding hydrogens is 666 g/mol. The van der Waals surface area contributed by atoms with Gasteiger partial charge in [0, 0.05) is 26.4 Å². The maximum absolute atomic E-state index is 13.0. The Labute approximate surface area is 324 Å². The van der Waals surface area contributed by atoms with Crippen LogP contribution in [0.3, 0.4) is 0 Å². The zero-order chi connectivity index (χ0) is 38.9. The van der Waals surface area contributed by atoms with Crippen LogP contribution < -0.4 is 21.5 Å². The third-order valence-electron chi connectivity index (χ3n) is 10.3. The first kappa shape index (κ1) is 48.6. The Kier molecular flexibility index (Phi) is 30.2. The molecule has 1 aromatic carbocycles. The predicted octanol–water partition coefficient (Wildman–Crippen LogP) is 10.3. The number of esters is 2. The number of nitrogens with one attached hydrogen (secondary N) is 2. The van der Waals surface area contributed by atoms with E-state index in [1.165, 1.54) is 64.2 Å². The highest BCUT2D eigenvalue weighted by molar-refractivity contribution is 5.73. The molecule has 9 nitrogen and oxygen atoms in total. The summed E-state index contributed by atoms with van der Waals surface area (Å²) in [5.74, 6) is 0.432. The average Bonchev–Trinajstić information content (AvgIpc) is 3.14. The summed E-state index contributed by atoms with van der Waals surface area (Å²) in [5, 5.41) is 5.98. The first-order chi connectivity index (χ1) is 25.7. The Bertz CT molecular complexity index is 1100. The second-order valence-electron chi connectivity index (χ2n) is 15.7. The summed E-state index contributed by atoms with van der Waals surface area (Å²) >= 11 is 0. The van der Waals surface area contributed by atoms with Crippen molar-refractivity contribution in [3.05, 3.63) is 20.4 Å². The van der Waals surface area contributed by atoms with Gasteiger partial charge in [0.1, 0.15) is 17.5 Å². The lowest BCUT2D eigenvalue weighted by Gasteiger charge is -2.23. The van der Waals surface area contributed by atoms with Gasteiger partial charge < -0.3 is 25.0 Å². The molecule has 0 atom stereocenters. The van der Waals surface area contributed by atoms with Crippen LogP contribution in [-0.4, -0.2) is 62.8 Å². The average molecular weight is 748 g/mol. The monoisotopic (exact) mass is 748 g/mol. The van der Waals surface area contributed by atoms with Crippen molar-refractivity contribution in [3.63, 3.8) is 0 Å². The molecule has 9 heteroatoms. The SMILES string of the molecule is CCCCCCCCC(CCCCCCCC)OC(=O)CCCCN(CCCCCCCCC(=O)OCCC(C)C)CCCNc1c(NC)c(=O)c1=O. The molecule has 308 valence electrons. The summed E-state index contributed by atoms with van der Waals surface area (Å²) in [6, 6.07) is 0. The molecule has 0 saturated heterocycles. The number of anilines is 2. The molecule has 1 rings (SSSR count). The van der Waals surface area contributed by atoms with Crippen LogP contribution in [0.5, 0.6) is 0 Å². The molecule has 0 saturated carbocycles. The van der Waals surface area contributed by atoms with E-state index >= 15 is 0 Å². The van der Waals surface area contributed by atoms with Gasteiger partial charge in [-0.1, -0.05) is 118 Å². The minimum atomic E-state index is -0.451. The van der Waals surface area contributed by atoms with Crippen molar-refractivity contribution in [3.8, 4) is 0 Å². The van der Waals surface area contributed by atoms with Gasteiger partial charge in [-0.2, -0.15) is 0 Å². The summed E-state index contributed by atoms with van der Waals surface area (Å²) in [7, 11) is 1.66. The highest BCUT2D eigenvalue weighted by atomic mass is 16.5.